The maximum absolute atomic E-state index is 13.5. The first-order valence-electron chi connectivity index (χ1n) is 8.43. The molecule has 0 aromatic heterocycles. The number of benzene rings is 3. The van der Waals surface area contributed by atoms with E-state index in [1.165, 1.54) is 61.7 Å². The Bertz CT molecular complexity index is 1180. The summed E-state index contributed by atoms with van der Waals surface area (Å²) in [4.78, 5) is 12.2. The van der Waals surface area contributed by atoms with Crippen molar-refractivity contribution in [2.24, 2.45) is 0 Å². The Kier molecular flexibility index (Phi) is 6.50. The highest BCUT2D eigenvalue weighted by Gasteiger charge is 2.21. The number of halogens is 3. The molecule has 3 rings (SSSR count). The van der Waals surface area contributed by atoms with Crippen molar-refractivity contribution in [1.29, 1.82) is 0 Å². The Balaban J connectivity index is 1.77. The molecule has 0 atom stereocenters. The highest BCUT2D eigenvalue weighted by atomic mass is 35.5. The number of hydrogen-bond donors (Lipinski definition) is 2. The minimum absolute atomic E-state index is 0.0112. The Hall–Kier alpha value is -2.81. The second-order valence-corrected chi connectivity index (χ2v) is 8.47. The van der Waals surface area contributed by atoms with Crippen LogP contribution in [0.5, 0.6) is 5.75 Å². The number of rotatable bonds is 6. The van der Waals surface area contributed by atoms with Gasteiger partial charge in [0.1, 0.15) is 16.5 Å². The largest absolute Gasteiger partial charge is 0.496 e. The van der Waals surface area contributed by atoms with Crippen molar-refractivity contribution in [3.05, 3.63) is 82.1 Å². The van der Waals surface area contributed by atoms with E-state index in [1.807, 2.05) is 0 Å². The first kappa shape index (κ1) is 21.9. The van der Waals surface area contributed by atoms with Gasteiger partial charge in [0, 0.05) is 11.4 Å². The number of carbonyl (C=O) groups is 1. The molecule has 0 aliphatic rings. The van der Waals surface area contributed by atoms with Gasteiger partial charge in [-0.05, 0) is 54.6 Å². The molecule has 10 heteroatoms. The molecule has 0 saturated carbocycles. The molecule has 0 bridgehead atoms. The fourth-order valence-electron chi connectivity index (χ4n) is 2.62. The molecule has 3 aromatic rings. The maximum atomic E-state index is 13.5. The van der Waals surface area contributed by atoms with Crippen molar-refractivity contribution in [2.45, 2.75) is 4.90 Å². The first-order valence-corrected chi connectivity index (χ1v) is 10.7. The SMILES string of the molecule is COc1ccc(F)cc1C(=O)Nc1ccc(NS(=O)(=O)c2c(Cl)cccc2Cl)cc1. The van der Waals surface area contributed by atoms with Crippen LogP contribution < -0.4 is 14.8 Å². The third-order valence-corrected chi connectivity index (χ3v) is 6.32. The number of anilines is 2. The van der Waals surface area contributed by atoms with Gasteiger partial charge >= 0.3 is 0 Å². The number of sulfonamides is 1. The van der Waals surface area contributed by atoms with E-state index >= 15 is 0 Å². The van der Waals surface area contributed by atoms with Gasteiger partial charge in [-0.1, -0.05) is 29.3 Å². The minimum Gasteiger partial charge on any atom is -0.496 e. The lowest BCUT2D eigenvalue weighted by Crippen LogP contribution is -2.15. The van der Waals surface area contributed by atoms with Crippen molar-refractivity contribution in [3.63, 3.8) is 0 Å². The van der Waals surface area contributed by atoms with Crippen LogP contribution in [0.2, 0.25) is 10.0 Å². The standard InChI is InChI=1S/C20H15Cl2FN2O4S/c1-29-18-10-5-12(23)11-15(18)20(26)24-13-6-8-14(9-7-13)25-30(27,28)19-16(21)3-2-4-17(19)22/h2-11,25H,1H3,(H,24,26). The van der Waals surface area contributed by atoms with Crippen molar-refractivity contribution >= 4 is 50.5 Å². The zero-order valence-electron chi connectivity index (χ0n) is 15.4. The predicted molar refractivity (Wildman–Crippen MR) is 115 cm³/mol. The fraction of sp³-hybridized carbons (Fsp3) is 0.0500. The number of nitrogens with one attached hydrogen (secondary N) is 2. The molecule has 0 radical (unpaired) electrons. The Morgan fingerprint density at radius 1 is 0.967 bits per heavy atom. The van der Waals surface area contributed by atoms with Gasteiger partial charge in [0.15, 0.2) is 0 Å². The van der Waals surface area contributed by atoms with Crippen LogP contribution >= 0.6 is 23.2 Å². The fourth-order valence-corrected chi connectivity index (χ4v) is 4.83. The molecule has 156 valence electrons. The van der Waals surface area contributed by atoms with E-state index in [0.29, 0.717) is 5.69 Å². The smallest absolute Gasteiger partial charge is 0.264 e. The zero-order chi connectivity index (χ0) is 21.9. The average molecular weight is 469 g/mol. The van der Waals surface area contributed by atoms with Gasteiger partial charge in [0.05, 0.1) is 22.7 Å². The van der Waals surface area contributed by atoms with Gasteiger partial charge in [-0.3, -0.25) is 9.52 Å². The Labute approximate surface area is 182 Å². The summed E-state index contributed by atoms with van der Waals surface area (Å²) in [7, 11) is -2.66. The molecule has 0 fully saturated rings. The quantitative estimate of drug-likeness (QED) is 0.520. The normalized spacial score (nSPS) is 11.1. The minimum atomic E-state index is -4.03. The van der Waals surface area contributed by atoms with Crippen LogP contribution in [0.25, 0.3) is 0 Å². The van der Waals surface area contributed by atoms with Crippen LogP contribution in [0.1, 0.15) is 10.4 Å². The summed E-state index contributed by atoms with van der Waals surface area (Å²) in [6.07, 6.45) is 0. The second-order valence-electron chi connectivity index (χ2n) is 6.03. The summed E-state index contributed by atoms with van der Waals surface area (Å²) in [5.41, 5.74) is 0.619. The van der Waals surface area contributed by atoms with Gasteiger partial charge in [-0.2, -0.15) is 0 Å². The average Bonchev–Trinajstić information content (AvgIpc) is 2.69. The lowest BCUT2D eigenvalue weighted by molar-refractivity contribution is 0.102. The highest BCUT2D eigenvalue weighted by molar-refractivity contribution is 7.93. The van der Waals surface area contributed by atoms with E-state index in [0.717, 1.165) is 6.07 Å². The maximum Gasteiger partial charge on any atom is 0.264 e. The van der Waals surface area contributed by atoms with Crippen molar-refractivity contribution < 1.29 is 22.3 Å². The van der Waals surface area contributed by atoms with Crippen LogP contribution in [0.3, 0.4) is 0 Å². The summed E-state index contributed by atoms with van der Waals surface area (Å²) >= 11 is 11.9. The van der Waals surface area contributed by atoms with E-state index in [-0.39, 0.29) is 31.9 Å². The molecule has 0 spiro atoms. The highest BCUT2D eigenvalue weighted by Crippen LogP contribution is 2.30. The molecule has 6 nitrogen and oxygen atoms in total. The topological polar surface area (TPSA) is 84.5 Å². The second kappa shape index (κ2) is 8.91. The van der Waals surface area contributed by atoms with Gasteiger partial charge < -0.3 is 10.1 Å². The molecule has 2 N–H and O–H groups in total. The molecule has 0 aliphatic carbocycles. The molecule has 30 heavy (non-hydrogen) atoms. The summed E-state index contributed by atoms with van der Waals surface area (Å²) in [6.45, 7) is 0. The molecular formula is C20H15Cl2FN2O4S. The van der Waals surface area contributed by atoms with Gasteiger partial charge in [0.25, 0.3) is 15.9 Å². The number of carbonyl (C=O) groups excluding carboxylic acids is 1. The third kappa shape index (κ3) is 4.84. The number of amides is 1. The van der Waals surface area contributed by atoms with E-state index in [1.54, 1.807) is 0 Å². The van der Waals surface area contributed by atoms with Crippen molar-refractivity contribution in [3.8, 4) is 5.75 Å². The molecule has 0 aliphatic heterocycles. The molecule has 0 heterocycles. The molecule has 1 amide bonds. The molecule has 0 unspecified atom stereocenters. The van der Waals surface area contributed by atoms with Crippen LogP contribution in [-0.4, -0.2) is 21.4 Å². The third-order valence-electron chi connectivity index (χ3n) is 3.99. The van der Waals surface area contributed by atoms with Crippen LogP contribution in [0.15, 0.2) is 65.6 Å². The van der Waals surface area contributed by atoms with Crippen LogP contribution in [0.4, 0.5) is 15.8 Å². The molecular weight excluding hydrogens is 454 g/mol. The monoisotopic (exact) mass is 468 g/mol. The van der Waals surface area contributed by atoms with Crippen LogP contribution in [0, 0.1) is 5.82 Å². The van der Waals surface area contributed by atoms with Crippen LogP contribution in [-0.2, 0) is 10.0 Å². The van der Waals surface area contributed by atoms with Crippen molar-refractivity contribution in [1.82, 2.24) is 0 Å². The summed E-state index contributed by atoms with van der Waals surface area (Å²) in [5, 5.41) is 2.57. The zero-order valence-corrected chi connectivity index (χ0v) is 17.8. The Morgan fingerprint density at radius 3 is 2.17 bits per heavy atom. The molecule has 3 aromatic carbocycles. The lowest BCUT2D eigenvalue weighted by atomic mass is 10.1. The van der Waals surface area contributed by atoms with E-state index in [4.69, 9.17) is 27.9 Å². The Morgan fingerprint density at radius 2 is 1.57 bits per heavy atom. The number of methoxy groups -OCH3 is 1. The predicted octanol–water partition coefficient (Wildman–Crippen LogP) is 5.19. The van der Waals surface area contributed by atoms with Gasteiger partial charge in [-0.25, -0.2) is 12.8 Å². The van der Waals surface area contributed by atoms with Gasteiger partial charge in [-0.15, -0.1) is 0 Å². The van der Waals surface area contributed by atoms with E-state index < -0.39 is 21.7 Å². The van der Waals surface area contributed by atoms with Crippen molar-refractivity contribution in [2.75, 3.05) is 17.1 Å². The van der Waals surface area contributed by atoms with E-state index in [9.17, 15) is 17.6 Å². The molecule has 0 saturated heterocycles. The van der Waals surface area contributed by atoms with Gasteiger partial charge in [0.2, 0.25) is 0 Å². The first-order chi connectivity index (χ1) is 14.2. The van der Waals surface area contributed by atoms with E-state index in [2.05, 4.69) is 10.0 Å². The lowest BCUT2D eigenvalue weighted by Gasteiger charge is -2.12. The number of hydrogen-bond acceptors (Lipinski definition) is 4. The summed E-state index contributed by atoms with van der Waals surface area (Å²) in [6, 6.07) is 13.8. The number of ether oxygens (including phenoxy) is 1. The summed E-state index contributed by atoms with van der Waals surface area (Å²) in [5.74, 6) is -0.943. The summed E-state index contributed by atoms with van der Waals surface area (Å²) < 4.78 is 46.1.